The zero-order valence-corrected chi connectivity index (χ0v) is 8.35. The molecule has 1 rings (SSSR count). The topological polar surface area (TPSA) is 63.8 Å². The molecule has 1 aromatic rings. The highest BCUT2D eigenvalue weighted by atomic mass is 19.3. The number of rotatable bonds is 4. The molecule has 3 N–H and O–H groups in total. The fourth-order valence-corrected chi connectivity index (χ4v) is 0.913. The molecule has 0 aliphatic rings. The predicted octanol–water partition coefficient (Wildman–Crippen LogP) is 1.68. The molecule has 0 spiro atoms. The smallest absolute Gasteiger partial charge is 0.324 e. The summed E-state index contributed by atoms with van der Waals surface area (Å²) in [6.07, 6.45) is -2.41. The number of hydrogen-bond acceptors (Lipinski definition) is 4. The molecule has 0 atom stereocenters. The van der Waals surface area contributed by atoms with Gasteiger partial charge in [-0.3, -0.25) is 0 Å². The summed E-state index contributed by atoms with van der Waals surface area (Å²) in [4.78, 5) is 7.22. The maximum Gasteiger partial charge on any atom is 0.324 e. The van der Waals surface area contributed by atoms with E-state index in [1.54, 1.807) is 6.92 Å². The molecule has 90 valence electrons. The Morgan fingerprint density at radius 2 is 2.12 bits per heavy atom. The average Bonchev–Trinajstić information content (AvgIpc) is 2.19. The Morgan fingerprint density at radius 3 is 2.69 bits per heavy atom. The van der Waals surface area contributed by atoms with E-state index >= 15 is 0 Å². The highest BCUT2D eigenvalue weighted by Crippen LogP contribution is 2.23. The van der Waals surface area contributed by atoms with Crippen molar-refractivity contribution < 1.29 is 17.6 Å². The molecule has 0 aromatic carbocycles. The molecule has 0 saturated carbocycles. The van der Waals surface area contributed by atoms with E-state index in [0.29, 0.717) is 5.56 Å². The monoisotopic (exact) mass is 238 g/mol. The molecule has 16 heavy (non-hydrogen) atoms. The molecular formula is C8H10F4N4. The van der Waals surface area contributed by atoms with Gasteiger partial charge in [-0.05, 0) is 6.92 Å². The lowest BCUT2D eigenvalue weighted by Gasteiger charge is -2.16. The van der Waals surface area contributed by atoms with Gasteiger partial charge in [0.05, 0.1) is 6.54 Å². The molecule has 0 radical (unpaired) electrons. The fraction of sp³-hybridized carbons (Fsp3) is 0.500. The molecule has 0 aliphatic carbocycles. The molecule has 4 nitrogen and oxygen atoms in total. The molecule has 0 amide bonds. The lowest BCUT2D eigenvalue weighted by molar-refractivity contribution is -0.117. The van der Waals surface area contributed by atoms with Crippen LogP contribution in [0.15, 0.2) is 6.20 Å². The van der Waals surface area contributed by atoms with E-state index in [4.69, 9.17) is 5.73 Å². The number of aryl methyl sites for hydroxylation is 1. The molecule has 0 saturated heterocycles. The normalized spacial score (nSPS) is 11.9. The second-order valence-corrected chi connectivity index (χ2v) is 3.18. The van der Waals surface area contributed by atoms with Crippen LogP contribution in [-0.2, 0) is 0 Å². The van der Waals surface area contributed by atoms with E-state index in [0.717, 1.165) is 0 Å². The van der Waals surface area contributed by atoms with E-state index < -0.39 is 18.9 Å². The summed E-state index contributed by atoms with van der Waals surface area (Å²) in [7, 11) is 0. The summed E-state index contributed by atoms with van der Waals surface area (Å²) in [6.45, 7) is 0.338. The van der Waals surface area contributed by atoms with E-state index in [1.165, 1.54) is 6.20 Å². The van der Waals surface area contributed by atoms with Crippen LogP contribution < -0.4 is 11.1 Å². The van der Waals surface area contributed by atoms with Gasteiger partial charge < -0.3 is 11.1 Å². The van der Waals surface area contributed by atoms with Crippen LogP contribution in [0.4, 0.5) is 29.3 Å². The van der Waals surface area contributed by atoms with Gasteiger partial charge in [0.15, 0.2) is 0 Å². The van der Waals surface area contributed by atoms with Gasteiger partial charge in [-0.2, -0.15) is 13.8 Å². The van der Waals surface area contributed by atoms with Crippen LogP contribution in [0.2, 0.25) is 0 Å². The van der Waals surface area contributed by atoms with E-state index in [9.17, 15) is 17.6 Å². The summed E-state index contributed by atoms with van der Waals surface area (Å²) < 4.78 is 48.8. The first-order valence-electron chi connectivity index (χ1n) is 4.32. The minimum atomic E-state index is -4.11. The van der Waals surface area contributed by atoms with Gasteiger partial charge in [0, 0.05) is 11.8 Å². The summed E-state index contributed by atoms with van der Waals surface area (Å²) in [5.74, 6) is -4.20. The number of nitrogen functional groups attached to an aromatic ring is 1. The van der Waals surface area contributed by atoms with Crippen LogP contribution in [0, 0.1) is 6.92 Å². The Balaban J connectivity index is 2.71. The first-order chi connectivity index (χ1) is 7.33. The van der Waals surface area contributed by atoms with Crippen molar-refractivity contribution in [1.82, 2.24) is 9.97 Å². The summed E-state index contributed by atoms with van der Waals surface area (Å²) >= 11 is 0. The van der Waals surface area contributed by atoms with E-state index in [1.807, 2.05) is 0 Å². The lowest BCUT2D eigenvalue weighted by Crippen LogP contribution is -2.35. The summed E-state index contributed by atoms with van der Waals surface area (Å²) in [5, 5.41) is 2.11. The Kier molecular flexibility index (Phi) is 3.51. The zero-order chi connectivity index (χ0) is 12.3. The van der Waals surface area contributed by atoms with Crippen molar-refractivity contribution in [2.45, 2.75) is 19.3 Å². The molecule has 0 bridgehead atoms. The Bertz CT molecular complexity index is 369. The van der Waals surface area contributed by atoms with Crippen molar-refractivity contribution in [3.63, 3.8) is 0 Å². The zero-order valence-electron chi connectivity index (χ0n) is 8.35. The number of nitrogens with zero attached hydrogens (tertiary/aromatic N) is 2. The van der Waals surface area contributed by atoms with Crippen molar-refractivity contribution in [1.29, 1.82) is 0 Å². The highest BCUT2D eigenvalue weighted by molar-refractivity contribution is 5.45. The largest absolute Gasteiger partial charge is 0.368 e. The minimum absolute atomic E-state index is 0.0211. The number of hydrogen-bond donors (Lipinski definition) is 2. The van der Waals surface area contributed by atoms with E-state index in [2.05, 4.69) is 15.3 Å². The molecule has 8 heteroatoms. The second-order valence-electron chi connectivity index (χ2n) is 3.18. The number of halogens is 4. The summed E-state index contributed by atoms with van der Waals surface area (Å²) in [6, 6.07) is 0. The van der Waals surface area contributed by atoms with Crippen LogP contribution in [0.25, 0.3) is 0 Å². The van der Waals surface area contributed by atoms with Crippen LogP contribution in [-0.4, -0.2) is 28.9 Å². The van der Waals surface area contributed by atoms with Gasteiger partial charge in [-0.15, -0.1) is 0 Å². The standard InChI is InChI=1S/C8H10F4N4/c1-4-2-14-7(13)16-5(4)15-3-8(11,12)6(9)10/h2,6H,3H2,1H3,(H3,13,14,15,16). The van der Waals surface area contributed by atoms with Crippen molar-refractivity contribution in [3.8, 4) is 0 Å². The van der Waals surface area contributed by atoms with Crippen LogP contribution in [0.1, 0.15) is 5.56 Å². The SMILES string of the molecule is Cc1cnc(N)nc1NCC(F)(F)C(F)F. The van der Waals surface area contributed by atoms with Crippen molar-refractivity contribution in [3.05, 3.63) is 11.8 Å². The molecule has 0 unspecified atom stereocenters. The van der Waals surface area contributed by atoms with Gasteiger partial charge in [0.1, 0.15) is 5.82 Å². The summed E-state index contributed by atoms with van der Waals surface area (Å²) in [5.41, 5.74) is 5.67. The molecule has 1 heterocycles. The molecule has 0 fully saturated rings. The quantitative estimate of drug-likeness (QED) is 0.783. The third-order valence-corrected chi connectivity index (χ3v) is 1.80. The number of nitrogens with two attached hydrogens (primary N) is 1. The van der Waals surface area contributed by atoms with Gasteiger partial charge in [0.2, 0.25) is 5.95 Å². The van der Waals surface area contributed by atoms with Crippen molar-refractivity contribution in [2.75, 3.05) is 17.6 Å². The maximum absolute atomic E-state index is 12.6. The van der Waals surface area contributed by atoms with Crippen LogP contribution >= 0.6 is 0 Å². The average molecular weight is 238 g/mol. The Labute approximate surface area is 88.9 Å². The van der Waals surface area contributed by atoms with Crippen LogP contribution in [0.5, 0.6) is 0 Å². The van der Waals surface area contributed by atoms with Gasteiger partial charge in [-0.1, -0.05) is 0 Å². The Morgan fingerprint density at radius 1 is 1.50 bits per heavy atom. The van der Waals surface area contributed by atoms with Crippen LogP contribution in [0.3, 0.4) is 0 Å². The lowest BCUT2D eigenvalue weighted by atomic mass is 10.3. The molecule has 0 aliphatic heterocycles. The van der Waals surface area contributed by atoms with Crippen molar-refractivity contribution in [2.24, 2.45) is 0 Å². The third kappa shape index (κ3) is 2.94. The van der Waals surface area contributed by atoms with E-state index in [-0.39, 0.29) is 11.8 Å². The Hall–Kier alpha value is -1.60. The third-order valence-electron chi connectivity index (χ3n) is 1.80. The minimum Gasteiger partial charge on any atom is -0.368 e. The first-order valence-corrected chi connectivity index (χ1v) is 4.32. The number of nitrogens with one attached hydrogen (secondary N) is 1. The number of alkyl halides is 4. The van der Waals surface area contributed by atoms with Gasteiger partial charge in [-0.25, -0.2) is 13.8 Å². The number of aromatic nitrogens is 2. The highest BCUT2D eigenvalue weighted by Gasteiger charge is 2.40. The van der Waals surface area contributed by atoms with Gasteiger partial charge >= 0.3 is 12.3 Å². The van der Waals surface area contributed by atoms with Crippen molar-refractivity contribution >= 4 is 11.8 Å². The number of anilines is 2. The fourth-order valence-electron chi connectivity index (χ4n) is 0.913. The first kappa shape index (κ1) is 12.5. The molecule has 1 aromatic heterocycles. The maximum atomic E-state index is 12.6. The molecular weight excluding hydrogens is 228 g/mol. The predicted molar refractivity (Wildman–Crippen MR) is 50.6 cm³/mol. The van der Waals surface area contributed by atoms with Gasteiger partial charge in [0.25, 0.3) is 0 Å². The second kappa shape index (κ2) is 4.50.